The van der Waals surface area contributed by atoms with Crippen LogP contribution in [-0.4, -0.2) is 9.55 Å². The number of hydrogen-bond donors (Lipinski definition) is 0. The molecule has 0 N–H and O–H groups in total. The first kappa shape index (κ1) is 16.8. The Balaban J connectivity index is 2.34. The highest BCUT2D eigenvalue weighted by Crippen LogP contribution is 2.30. The summed E-state index contributed by atoms with van der Waals surface area (Å²) >= 11 is 0. The van der Waals surface area contributed by atoms with Crippen LogP contribution in [0.2, 0.25) is 0 Å². The molecule has 3 rings (SSSR count). The molecular formula is C20H23N5+2. The van der Waals surface area contributed by atoms with Crippen molar-refractivity contribution in [3.8, 4) is 17.1 Å². The molecule has 5 nitrogen and oxygen atoms in total. The van der Waals surface area contributed by atoms with Crippen molar-refractivity contribution >= 4 is 5.69 Å². The van der Waals surface area contributed by atoms with Crippen molar-refractivity contribution < 1.29 is 9.13 Å². The van der Waals surface area contributed by atoms with Crippen molar-refractivity contribution in [1.29, 1.82) is 0 Å². The summed E-state index contributed by atoms with van der Waals surface area (Å²) in [5, 5.41) is 0. The SMILES string of the molecule is [C-]#[N+]c1cc(-c2n(C(C)C)cc[n+]2C)c(C)c(-[n+]2cccnc2C)c1. The van der Waals surface area contributed by atoms with E-state index >= 15 is 0 Å². The maximum atomic E-state index is 7.53. The van der Waals surface area contributed by atoms with Crippen molar-refractivity contribution in [2.24, 2.45) is 7.05 Å². The summed E-state index contributed by atoms with van der Waals surface area (Å²) in [4.78, 5) is 8.08. The molecule has 0 bridgehead atoms. The molecule has 0 amide bonds. The second-order valence-electron chi connectivity index (χ2n) is 6.52. The number of hydrogen-bond acceptors (Lipinski definition) is 1. The van der Waals surface area contributed by atoms with Gasteiger partial charge in [-0.2, -0.15) is 0 Å². The molecule has 1 aromatic carbocycles. The zero-order valence-electron chi connectivity index (χ0n) is 15.4. The highest BCUT2D eigenvalue weighted by Gasteiger charge is 2.25. The molecule has 0 saturated carbocycles. The standard InChI is InChI=1S/C20H23N5/c1-14(2)24-11-10-23(6)20(24)18-12-17(21-5)13-19(15(18)3)25-9-7-8-22-16(25)4/h7-14H,1-4,6H3/q+2. The van der Waals surface area contributed by atoms with Gasteiger partial charge in [0, 0.05) is 18.6 Å². The van der Waals surface area contributed by atoms with E-state index in [9.17, 15) is 0 Å². The van der Waals surface area contributed by atoms with Crippen LogP contribution in [0.5, 0.6) is 0 Å². The smallest absolute Gasteiger partial charge is 0.238 e. The lowest BCUT2D eigenvalue weighted by Crippen LogP contribution is -2.36. The van der Waals surface area contributed by atoms with Gasteiger partial charge in [-0.3, -0.25) is 0 Å². The van der Waals surface area contributed by atoms with Crippen LogP contribution in [0.15, 0.2) is 43.0 Å². The molecule has 2 heterocycles. The quantitative estimate of drug-likeness (QED) is 0.534. The minimum atomic E-state index is 0.337. The van der Waals surface area contributed by atoms with Crippen molar-refractivity contribution in [3.05, 3.63) is 65.8 Å². The molecule has 0 saturated heterocycles. The zero-order valence-corrected chi connectivity index (χ0v) is 15.4. The lowest BCUT2D eigenvalue weighted by molar-refractivity contribution is -0.659. The summed E-state index contributed by atoms with van der Waals surface area (Å²) in [6.45, 7) is 15.9. The third-order valence-corrected chi connectivity index (χ3v) is 4.51. The van der Waals surface area contributed by atoms with E-state index in [-0.39, 0.29) is 0 Å². The predicted molar refractivity (Wildman–Crippen MR) is 96.5 cm³/mol. The van der Waals surface area contributed by atoms with Gasteiger partial charge < -0.3 is 0 Å². The first-order valence-electron chi connectivity index (χ1n) is 8.36. The van der Waals surface area contributed by atoms with Gasteiger partial charge in [0.05, 0.1) is 25.2 Å². The summed E-state index contributed by atoms with van der Waals surface area (Å²) in [5.74, 6) is 1.99. The van der Waals surface area contributed by atoms with E-state index < -0.39 is 0 Å². The normalized spacial score (nSPS) is 10.9. The van der Waals surface area contributed by atoms with E-state index in [0.29, 0.717) is 11.7 Å². The molecule has 126 valence electrons. The Morgan fingerprint density at radius 2 is 1.96 bits per heavy atom. The van der Waals surface area contributed by atoms with Gasteiger partial charge in [0.25, 0.3) is 11.6 Å². The van der Waals surface area contributed by atoms with Crippen LogP contribution in [0.25, 0.3) is 21.9 Å². The Morgan fingerprint density at radius 3 is 2.60 bits per heavy atom. The number of aromatic nitrogens is 4. The summed E-state index contributed by atoms with van der Waals surface area (Å²) in [6.07, 6.45) is 7.92. The molecule has 25 heavy (non-hydrogen) atoms. The van der Waals surface area contributed by atoms with Crippen LogP contribution in [-0.2, 0) is 7.05 Å². The third-order valence-electron chi connectivity index (χ3n) is 4.51. The molecule has 0 atom stereocenters. The van der Waals surface area contributed by atoms with Crippen molar-refractivity contribution in [3.63, 3.8) is 0 Å². The molecular weight excluding hydrogens is 310 g/mol. The second-order valence-corrected chi connectivity index (χ2v) is 6.52. The second kappa shape index (κ2) is 6.48. The van der Waals surface area contributed by atoms with Gasteiger partial charge in [0.2, 0.25) is 0 Å². The number of aryl methyl sites for hydroxylation is 2. The van der Waals surface area contributed by atoms with Gasteiger partial charge in [0.1, 0.15) is 30.5 Å². The molecule has 0 spiro atoms. The van der Waals surface area contributed by atoms with Gasteiger partial charge in [-0.15, -0.1) is 0 Å². The van der Waals surface area contributed by atoms with E-state index in [4.69, 9.17) is 6.57 Å². The summed E-state index contributed by atoms with van der Waals surface area (Å²) in [7, 11) is 2.04. The minimum absolute atomic E-state index is 0.337. The monoisotopic (exact) mass is 333 g/mol. The molecule has 0 radical (unpaired) electrons. The third kappa shape index (κ3) is 2.91. The Kier molecular flexibility index (Phi) is 4.37. The van der Waals surface area contributed by atoms with Crippen LogP contribution >= 0.6 is 0 Å². The van der Waals surface area contributed by atoms with Crippen LogP contribution in [0.3, 0.4) is 0 Å². The molecule has 3 aromatic rings. The Hall–Kier alpha value is -3.00. The lowest BCUT2D eigenvalue weighted by Gasteiger charge is -2.12. The molecule has 0 aliphatic heterocycles. The van der Waals surface area contributed by atoms with E-state index in [2.05, 4.69) is 52.1 Å². The van der Waals surface area contributed by atoms with Crippen LogP contribution < -0.4 is 9.13 Å². The number of rotatable bonds is 3. The predicted octanol–water partition coefficient (Wildman–Crippen LogP) is 3.40. The van der Waals surface area contributed by atoms with Gasteiger partial charge in [-0.25, -0.2) is 18.5 Å². The average Bonchev–Trinajstić information content (AvgIpc) is 2.97. The average molecular weight is 333 g/mol. The molecule has 0 aliphatic rings. The largest absolute Gasteiger partial charge is 0.300 e. The molecule has 5 heteroatoms. The molecule has 0 aliphatic carbocycles. The number of imidazole rings is 1. The highest BCUT2D eigenvalue weighted by atomic mass is 15.1. The van der Waals surface area contributed by atoms with Gasteiger partial charge in [0.15, 0.2) is 5.69 Å². The first-order chi connectivity index (χ1) is 11.9. The fourth-order valence-electron chi connectivity index (χ4n) is 3.17. The zero-order chi connectivity index (χ0) is 18.1. The van der Waals surface area contributed by atoms with E-state index in [1.165, 1.54) is 0 Å². The van der Waals surface area contributed by atoms with Crippen LogP contribution in [0.1, 0.15) is 31.3 Å². The fourth-order valence-corrected chi connectivity index (χ4v) is 3.17. The lowest BCUT2D eigenvalue weighted by atomic mass is 10.0. The molecule has 2 aromatic heterocycles. The summed E-state index contributed by atoms with van der Waals surface area (Å²) in [6, 6.07) is 6.16. The highest BCUT2D eigenvalue weighted by molar-refractivity contribution is 5.70. The summed E-state index contributed by atoms with van der Waals surface area (Å²) in [5.41, 5.74) is 3.82. The maximum Gasteiger partial charge on any atom is 0.300 e. The number of nitrogens with zero attached hydrogens (tertiary/aromatic N) is 5. The van der Waals surface area contributed by atoms with Crippen molar-refractivity contribution in [1.82, 2.24) is 9.55 Å². The van der Waals surface area contributed by atoms with E-state index in [1.54, 1.807) is 6.20 Å². The molecule has 0 fully saturated rings. The maximum absolute atomic E-state index is 7.53. The van der Waals surface area contributed by atoms with Gasteiger partial charge in [-0.05, 0) is 32.9 Å². The molecule has 0 unspecified atom stereocenters. The minimum Gasteiger partial charge on any atom is -0.238 e. The van der Waals surface area contributed by atoms with Gasteiger partial charge in [-0.1, -0.05) is 4.98 Å². The Bertz CT molecular complexity index is 976. The fraction of sp³-hybridized carbons (Fsp3) is 0.300. The Labute approximate surface area is 148 Å². The van der Waals surface area contributed by atoms with Crippen molar-refractivity contribution in [2.75, 3.05) is 0 Å². The first-order valence-corrected chi connectivity index (χ1v) is 8.36. The topological polar surface area (TPSA) is 29.9 Å². The van der Waals surface area contributed by atoms with Crippen LogP contribution in [0.4, 0.5) is 5.69 Å². The number of benzene rings is 1. The van der Waals surface area contributed by atoms with E-state index in [1.807, 2.05) is 42.9 Å². The summed E-state index contributed by atoms with van der Waals surface area (Å²) < 4.78 is 6.39. The van der Waals surface area contributed by atoms with E-state index in [0.717, 1.165) is 28.5 Å². The van der Waals surface area contributed by atoms with Crippen molar-refractivity contribution in [2.45, 2.75) is 33.7 Å². The van der Waals surface area contributed by atoms with Gasteiger partial charge >= 0.3 is 0 Å². The Morgan fingerprint density at radius 1 is 1.20 bits per heavy atom. The van der Waals surface area contributed by atoms with Crippen LogP contribution in [0, 0.1) is 20.4 Å².